The van der Waals surface area contributed by atoms with Crippen LogP contribution < -0.4 is 0 Å². The minimum Gasteiger partial charge on any atom is -0.258 e. The van der Waals surface area contributed by atoms with Gasteiger partial charge in [0.15, 0.2) is 5.69 Å². The van der Waals surface area contributed by atoms with E-state index >= 15 is 0 Å². The third-order valence-corrected chi connectivity index (χ3v) is 4.07. The van der Waals surface area contributed by atoms with Crippen molar-refractivity contribution < 1.29 is 13.3 Å². The zero-order valence-corrected chi connectivity index (χ0v) is 12.6. The molecule has 112 valence electrons. The van der Waals surface area contributed by atoms with Gasteiger partial charge in [-0.3, -0.25) is 10.1 Å². The van der Waals surface area contributed by atoms with Crippen molar-refractivity contribution in [2.45, 2.75) is 6.54 Å². The molecule has 0 aliphatic heterocycles. The lowest BCUT2D eigenvalue weighted by Crippen LogP contribution is -2.12. The highest BCUT2D eigenvalue weighted by Crippen LogP contribution is 2.35. The van der Waals surface area contributed by atoms with Crippen LogP contribution in [0.3, 0.4) is 0 Å². The van der Waals surface area contributed by atoms with E-state index in [1.807, 2.05) is 0 Å². The maximum absolute atomic E-state index is 11.2. The van der Waals surface area contributed by atoms with Crippen LogP contribution in [0.2, 0.25) is 5.15 Å². The molecule has 0 saturated carbocycles. The van der Waals surface area contributed by atoms with E-state index in [-0.39, 0.29) is 28.8 Å². The Labute approximate surface area is 126 Å². The summed E-state index contributed by atoms with van der Waals surface area (Å²) in [6.45, 7) is -0.0364. The topological polar surface area (TPSA) is 95.1 Å². The molecule has 1 heterocycles. The fraction of sp³-hybridized carbons (Fsp3) is 0.250. The number of hydrogen-bond acceptors (Lipinski definition) is 5. The highest BCUT2D eigenvalue weighted by molar-refractivity contribution is 7.90. The molecule has 0 N–H and O–H groups in total. The number of aryl methyl sites for hydroxylation is 1. The summed E-state index contributed by atoms with van der Waals surface area (Å²) in [7, 11) is -3.22. The fourth-order valence-corrected chi connectivity index (χ4v) is 2.57. The van der Waals surface area contributed by atoms with Gasteiger partial charge in [0.05, 0.1) is 17.2 Å². The molecule has 21 heavy (non-hydrogen) atoms. The second-order valence-corrected chi connectivity index (χ2v) is 7.08. The Bertz CT molecular complexity index is 771. The number of hydrogen-bond donors (Lipinski definition) is 0. The van der Waals surface area contributed by atoms with E-state index in [0.29, 0.717) is 5.56 Å². The van der Waals surface area contributed by atoms with E-state index < -0.39 is 14.8 Å². The summed E-state index contributed by atoms with van der Waals surface area (Å²) in [5.41, 5.74) is 0.347. The van der Waals surface area contributed by atoms with Crippen LogP contribution >= 0.6 is 11.6 Å². The summed E-state index contributed by atoms with van der Waals surface area (Å²) in [5.74, 6) is -0.195. The molecule has 0 atom stereocenters. The molecule has 2 rings (SSSR count). The molecule has 0 aliphatic carbocycles. The molecule has 0 unspecified atom stereocenters. The number of halogens is 1. The fourth-order valence-electron chi connectivity index (χ4n) is 1.78. The molecule has 2 aromatic rings. The van der Waals surface area contributed by atoms with Gasteiger partial charge in [-0.15, -0.1) is 0 Å². The Morgan fingerprint density at radius 1 is 1.33 bits per heavy atom. The van der Waals surface area contributed by atoms with Crippen LogP contribution in [0, 0.1) is 10.1 Å². The number of nitro groups is 1. The Hall–Kier alpha value is -1.93. The van der Waals surface area contributed by atoms with Gasteiger partial charge in [0.2, 0.25) is 5.15 Å². The Kier molecular flexibility index (Phi) is 4.29. The van der Waals surface area contributed by atoms with E-state index in [1.54, 1.807) is 30.3 Å². The third-order valence-electron chi connectivity index (χ3n) is 2.77. The summed E-state index contributed by atoms with van der Waals surface area (Å²) in [6, 6.07) is 8.57. The zero-order valence-electron chi connectivity index (χ0n) is 11.1. The summed E-state index contributed by atoms with van der Waals surface area (Å²) in [4.78, 5) is 10.6. The molecule has 0 saturated heterocycles. The first-order valence-corrected chi connectivity index (χ1v) is 8.37. The van der Waals surface area contributed by atoms with E-state index in [4.69, 9.17) is 11.6 Å². The number of benzene rings is 1. The van der Waals surface area contributed by atoms with Gasteiger partial charge in [-0.05, 0) is 0 Å². The first-order chi connectivity index (χ1) is 9.79. The van der Waals surface area contributed by atoms with E-state index in [1.165, 1.54) is 0 Å². The Morgan fingerprint density at radius 2 is 1.95 bits per heavy atom. The molecule has 1 aromatic carbocycles. The van der Waals surface area contributed by atoms with Gasteiger partial charge in [-0.2, -0.15) is 5.10 Å². The molecule has 0 fully saturated rings. The van der Waals surface area contributed by atoms with Gasteiger partial charge in [-0.25, -0.2) is 13.1 Å². The highest BCUT2D eigenvalue weighted by Gasteiger charge is 2.27. The van der Waals surface area contributed by atoms with Crippen LogP contribution in [0.25, 0.3) is 11.3 Å². The van der Waals surface area contributed by atoms with Gasteiger partial charge in [0.25, 0.3) is 0 Å². The zero-order chi connectivity index (χ0) is 15.6. The predicted molar refractivity (Wildman–Crippen MR) is 79.0 cm³/mol. The monoisotopic (exact) mass is 329 g/mol. The summed E-state index contributed by atoms with van der Waals surface area (Å²) < 4.78 is 23.5. The van der Waals surface area contributed by atoms with Crippen LogP contribution in [0.4, 0.5) is 5.69 Å². The first kappa shape index (κ1) is 15.5. The van der Waals surface area contributed by atoms with Gasteiger partial charge < -0.3 is 0 Å². The van der Waals surface area contributed by atoms with Crippen molar-refractivity contribution in [1.29, 1.82) is 0 Å². The Balaban J connectivity index is 2.49. The second-order valence-electron chi connectivity index (χ2n) is 4.46. The summed E-state index contributed by atoms with van der Waals surface area (Å²) in [5, 5.41) is 15.1. The van der Waals surface area contributed by atoms with Crippen LogP contribution in [-0.2, 0) is 16.4 Å². The van der Waals surface area contributed by atoms with Crippen molar-refractivity contribution in [2.24, 2.45) is 0 Å². The van der Waals surface area contributed by atoms with Crippen molar-refractivity contribution in [3.05, 3.63) is 45.6 Å². The minimum atomic E-state index is -3.22. The third kappa shape index (κ3) is 3.59. The van der Waals surface area contributed by atoms with Crippen LogP contribution in [0.1, 0.15) is 0 Å². The van der Waals surface area contributed by atoms with Gasteiger partial charge in [-0.1, -0.05) is 41.9 Å². The van der Waals surface area contributed by atoms with Crippen molar-refractivity contribution >= 4 is 27.1 Å². The molecule has 0 radical (unpaired) electrons. The quantitative estimate of drug-likeness (QED) is 0.618. The van der Waals surface area contributed by atoms with E-state index in [0.717, 1.165) is 10.9 Å². The molecular formula is C12H12ClN3O4S. The van der Waals surface area contributed by atoms with Gasteiger partial charge in [0.1, 0.15) is 9.84 Å². The summed E-state index contributed by atoms with van der Waals surface area (Å²) >= 11 is 5.97. The van der Waals surface area contributed by atoms with Crippen molar-refractivity contribution in [1.82, 2.24) is 9.78 Å². The average molecular weight is 330 g/mol. The number of nitrogens with zero attached hydrogens (tertiary/aromatic N) is 3. The van der Waals surface area contributed by atoms with Crippen LogP contribution in [-0.4, -0.2) is 35.1 Å². The predicted octanol–water partition coefficient (Wildman–Crippen LogP) is 2.16. The first-order valence-electron chi connectivity index (χ1n) is 5.93. The molecule has 0 bridgehead atoms. The molecule has 0 aliphatic rings. The summed E-state index contributed by atoms with van der Waals surface area (Å²) in [6.07, 6.45) is 1.08. The standard InChI is InChI=1S/C12H12ClN3O4S/c1-21(19,20)8-7-15-12(13)11(16(17)18)10(14-15)9-5-3-2-4-6-9/h2-6H,7-8H2,1H3. The van der Waals surface area contributed by atoms with Crippen molar-refractivity contribution in [3.63, 3.8) is 0 Å². The Morgan fingerprint density at radius 3 is 2.48 bits per heavy atom. The lowest BCUT2D eigenvalue weighted by molar-refractivity contribution is -0.384. The van der Waals surface area contributed by atoms with Gasteiger partial charge in [0, 0.05) is 11.8 Å². The van der Waals surface area contributed by atoms with Gasteiger partial charge >= 0.3 is 5.69 Å². The van der Waals surface area contributed by atoms with Crippen LogP contribution in [0.15, 0.2) is 30.3 Å². The molecule has 9 heteroatoms. The maximum Gasteiger partial charge on any atom is 0.333 e. The lowest BCUT2D eigenvalue weighted by Gasteiger charge is -2.00. The average Bonchev–Trinajstić information content (AvgIpc) is 2.74. The van der Waals surface area contributed by atoms with Crippen molar-refractivity contribution in [2.75, 3.05) is 12.0 Å². The second kappa shape index (κ2) is 5.82. The largest absolute Gasteiger partial charge is 0.333 e. The molecule has 7 nitrogen and oxygen atoms in total. The van der Waals surface area contributed by atoms with Crippen LogP contribution in [0.5, 0.6) is 0 Å². The van der Waals surface area contributed by atoms with E-state index in [2.05, 4.69) is 5.10 Å². The normalized spacial score (nSPS) is 11.5. The molecular weight excluding hydrogens is 318 g/mol. The maximum atomic E-state index is 11.2. The molecule has 0 amide bonds. The minimum absolute atomic E-state index is 0.0364. The smallest absolute Gasteiger partial charge is 0.258 e. The van der Waals surface area contributed by atoms with E-state index in [9.17, 15) is 18.5 Å². The SMILES string of the molecule is CS(=O)(=O)CCn1nc(-c2ccccc2)c([N+](=O)[O-])c1Cl. The number of rotatable bonds is 5. The molecule has 0 spiro atoms. The number of aromatic nitrogens is 2. The highest BCUT2D eigenvalue weighted by atomic mass is 35.5. The lowest BCUT2D eigenvalue weighted by atomic mass is 10.1. The molecule has 1 aromatic heterocycles. The van der Waals surface area contributed by atoms with Crippen molar-refractivity contribution in [3.8, 4) is 11.3 Å². The number of sulfone groups is 1.